The van der Waals surface area contributed by atoms with Gasteiger partial charge in [0, 0.05) is 31.5 Å². The number of carbonyl (C=O) groups is 2. The second-order valence-corrected chi connectivity index (χ2v) is 13.6. The molecule has 0 aliphatic carbocycles. The van der Waals surface area contributed by atoms with Gasteiger partial charge in [-0.3, -0.25) is 14.4 Å². The second-order valence-electron chi connectivity index (χ2n) is 13.6. The first-order chi connectivity index (χ1) is 22.7. The van der Waals surface area contributed by atoms with Crippen molar-refractivity contribution < 1.29 is 23.5 Å². The number of nitrogens with zero attached hydrogens (tertiary/aromatic N) is 2. The number of pyridine rings is 1. The Balaban J connectivity index is 2.19. The fraction of sp³-hybridized carbons (Fsp3) is 0.513. The normalized spacial score (nSPS) is 12.8. The van der Waals surface area contributed by atoms with Crippen molar-refractivity contribution >= 4 is 11.9 Å². The Labute approximate surface area is 285 Å². The number of hydrogen-bond acceptors (Lipinski definition) is 6. The Hall–Kier alpha value is -3.82. The number of halogens is 1. The molecular formula is C39H54FN3O5. The summed E-state index contributed by atoms with van der Waals surface area (Å²) < 4.78 is 28.6. The largest absolute Gasteiger partial charge is 0.466 e. The number of esters is 1. The molecule has 2 aromatic carbocycles. The predicted octanol–water partition coefficient (Wildman–Crippen LogP) is 6.58. The van der Waals surface area contributed by atoms with Crippen LogP contribution < -0.4 is 10.9 Å². The van der Waals surface area contributed by atoms with Gasteiger partial charge in [0.2, 0.25) is 5.91 Å². The molecular weight excluding hydrogens is 609 g/mol. The van der Waals surface area contributed by atoms with Crippen molar-refractivity contribution in [2.45, 2.75) is 86.2 Å². The van der Waals surface area contributed by atoms with E-state index in [1.54, 1.807) is 32.4 Å². The van der Waals surface area contributed by atoms with E-state index in [0.717, 1.165) is 45.5 Å². The van der Waals surface area contributed by atoms with Crippen molar-refractivity contribution in [2.24, 2.45) is 5.92 Å². The van der Waals surface area contributed by atoms with E-state index in [4.69, 9.17) is 9.47 Å². The van der Waals surface area contributed by atoms with Crippen LogP contribution in [0.5, 0.6) is 0 Å². The molecule has 1 N–H and O–H groups in total. The summed E-state index contributed by atoms with van der Waals surface area (Å²) in [5, 5.41) is 3.00. The molecule has 0 aliphatic rings. The van der Waals surface area contributed by atoms with Crippen LogP contribution in [0.25, 0.3) is 11.1 Å². The number of aromatic nitrogens is 1. The molecule has 0 bridgehead atoms. The lowest BCUT2D eigenvalue weighted by molar-refractivity contribution is -0.144. The highest BCUT2D eigenvalue weighted by Gasteiger charge is 2.30. The molecule has 1 aromatic heterocycles. The topological polar surface area (TPSA) is 89.9 Å². The first-order valence-electron chi connectivity index (χ1n) is 16.9. The number of amides is 1. The Kier molecular flexibility index (Phi) is 14.1. The molecule has 0 saturated heterocycles. The van der Waals surface area contributed by atoms with Crippen LogP contribution in [0.4, 0.5) is 4.39 Å². The number of aryl methyl sites for hydroxylation is 4. The predicted molar refractivity (Wildman–Crippen MR) is 190 cm³/mol. The summed E-state index contributed by atoms with van der Waals surface area (Å²) in [5.41, 5.74) is 7.11. The summed E-state index contributed by atoms with van der Waals surface area (Å²) in [7, 11) is 5.54. The minimum Gasteiger partial charge on any atom is -0.466 e. The van der Waals surface area contributed by atoms with Crippen LogP contribution in [0.1, 0.15) is 84.6 Å². The third-order valence-electron chi connectivity index (χ3n) is 8.64. The van der Waals surface area contributed by atoms with Crippen LogP contribution in [0.2, 0.25) is 0 Å². The van der Waals surface area contributed by atoms with E-state index in [1.165, 1.54) is 4.57 Å². The van der Waals surface area contributed by atoms with Crippen LogP contribution in [0.3, 0.4) is 0 Å². The molecule has 0 saturated carbocycles. The minimum atomic E-state index is -1.05. The number of likely N-dealkylation sites (N-methyl/N-ethyl adjacent to an activating group) is 1. The Morgan fingerprint density at radius 1 is 0.958 bits per heavy atom. The van der Waals surface area contributed by atoms with Gasteiger partial charge in [0.1, 0.15) is 11.9 Å². The SMILES string of the molecule is CCOC(=O)C[C@H](NC(=O)C(CC(C)C)n1cc(CCN(C)C)c(C)cc1=O)c1cc(-c2c(C)cc(C)cc2C)cc(CCOC)c1F. The van der Waals surface area contributed by atoms with E-state index >= 15 is 4.39 Å². The summed E-state index contributed by atoms with van der Waals surface area (Å²) >= 11 is 0. The molecule has 1 amide bonds. The maximum atomic E-state index is 16.5. The standard InChI is InChI=1S/C39H54FN3O5/c1-11-48-36(45)22-33(32-21-31(20-29(38(32)40)13-15-47-10)37-27(6)17-25(4)18-28(37)7)41-39(46)34(16-24(2)3)43-23-30(12-14-42(8)9)26(5)19-35(43)44/h17-21,23-24,33-34H,11-16,22H2,1-10H3,(H,41,46)/t33-,34?/m0/s1. The van der Waals surface area contributed by atoms with Gasteiger partial charge in [-0.25, -0.2) is 4.39 Å². The molecule has 9 heteroatoms. The smallest absolute Gasteiger partial charge is 0.308 e. The fourth-order valence-electron chi connectivity index (χ4n) is 6.36. The number of benzene rings is 2. The summed E-state index contributed by atoms with van der Waals surface area (Å²) in [5.74, 6) is -1.47. The van der Waals surface area contributed by atoms with Crippen molar-refractivity contribution in [3.63, 3.8) is 0 Å². The molecule has 1 heterocycles. The third kappa shape index (κ3) is 10.1. The zero-order valence-electron chi connectivity index (χ0n) is 30.5. The van der Waals surface area contributed by atoms with Crippen LogP contribution >= 0.6 is 0 Å². The second kappa shape index (κ2) is 17.5. The van der Waals surface area contributed by atoms with Crippen molar-refractivity contribution in [3.8, 4) is 11.1 Å². The van der Waals surface area contributed by atoms with Gasteiger partial charge in [-0.05, 0) is 125 Å². The van der Waals surface area contributed by atoms with Gasteiger partial charge < -0.3 is 24.3 Å². The molecule has 0 fully saturated rings. The van der Waals surface area contributed by atoms with Crippen molar-refractivity contribution in [3.05, 3.63) is 91.6 Å². The lowest BCUT2D eigenvalue weighted by atomic mass is 9.88. The van der Waals surface area contributed by atoms with Gasteiger partial charge >= 0.3 is 5.97 Å². The first-order valence-corrected chi connectivity index (χ1v) is 16.9. The van der Waals surface area contributed by atoms with E-state index in [-0.39, 0.29) is 30.1 Å². The molecule has 0 aliphatic heterocycles. The average molecular weight is 664 g/mol. The highest BCUT2D eigenvalue weighted by molar-refractivity contribution is 5.82. The zero-order valence-corrected chi connectivity index (χ0v) is 30.5. The van der Waals surface area contributed by atoms with Crippen LogP contribution in [-0.4, -0.2) is 62.3 Å². The van der Waals surface area contributed by atoms with Crippen LogP contribution in [0.15, 0.2) is 41.3 Å². The van der Waals surface area contributed by atoms with Crippen molar-refractivity contribution in [2.75, 3.05) is 41.0 Å². The highest BCUT2D eigenvalue weighted by atomic mass is 19.1. The van der Waals surface area contributed by atoms with Crippen LogP contribution in [-0.2, 0) is 31.9 Å². The molecule has 3 aromatic rings. The number of ether oxygens (including phenoxy) is 2. The fourth-order valence-corrected chi connectivity index (χ4v) is 6.36. The molecule has 2 atom stereocenters. The molecule has 262 valence electrons. The summed E-state index contributed by atoms with van der Waals surface area (Å²) in [4.78, 5) is 42.8. The highest BCUT2D eigenvalue weighted by Crippen LogP contribution is 2.35. The molecule has 1 unspecified atom stereocenters. The van der Waals surface area contributed by atoms with E-state index in [9.17, 15) is 14.4 Å². The maximum Gasteiger partial charge on any atom is 0.308 e. The number of rotatable bonds is 16. The number of hydrogen-bond donors (Lipinski definition) is 1. The summed E-state index contributed by atoms with van der Waals surface area (Å²) in [6.07, 6.45) is 2.89. The van der Waals surface area contributed by atoms with E-state index < -0.39 is 29.8 Å². The van der Waals surface area contributed by atoms with Gasteiger partial charge in [-0.15, -0.1) is 0 Å². The lowest BCUT2D eigenvalue weighted by Gasteiger charge is -2.27. The van der Waals surface area contributed by atoms with Gasteiger partial charge in [0.25, 0.3) is 5.56 Å². The van der Waals surface area contributed by atoms with Crippen LogP contribution in [0, 0.1) is 39.4 Å². The first kappa shape index (κ1) is 38.6. The van der Waals surface area contributed by atoms with E-state index in [2.05, 4.69) is 22.3 Å². The summed E-state index contributed by atoms with van der Waals surface area (Å²) in [6.45, 7) is 14.9. The number of carbonyl (C=O) groups excluding carboxylic acids is 2. The zero-order chi connectivity index (χ0) is 35.7. The molecule has 0 radical (unpaired) electrons. The third-order valence-corrected chi connectivity index (χ3v) is 8.64. The number of nitrogens with one attached hydrogen (secondary N) is 1. The molecule has 3 rings (SSSR count). The Morgan fingerprint density at radius 2 is 1.62 bits per heavy atom. The monoisotopic (exact) mass is 663 g/mol. The van der Waals surface area contributed by atoms with Crippen molar-refractivity contribution in [1.82, 2.24) is 14.8 Å². The summed E-state index contributed by atoms with van der Waals surface area (Å²) in [6, 6.07) is 7.37. The molecule has 0 spiro atoms. The minimum absolute atomic E-state index is 0.0656. The van der Waals surface area contributed by atoms with Gasteiger partial charge in [0.15, 0.2) is 0 Å². The molecule has 48 heavy (non-hydrogen) atoms. The number of methoxy groups -OCH3 is 1. The lowest BCUT2D eigenvalue weighted by Crippen LogP contribution is -2.40. The van der Waals surface area contributed by atoms with Gasteiger partial charge in [0.05, 0.1) is 25.7 Å². The maximum absolute atomic E-state index is 16.5. The van der Waals surface area contributed by atoms with E-state index in [1.807, 2.05) is 61.7 Å². The quantitative estimate of drug-likeness (QED) is 0.174. The van der Waals surface area contributed by atoms with Gasteiger partial charge in [-0.1, -0.05) is 31.5 Å². The molecule has 8 nitrogen and oxygen atoms in total. The van der Waals surface area contributed by atoms with Crippen molar-refractivity contribution in [1.29, 1.82) is 0 Å². The van der Waals surface area contributed by atoms with Gasteiger partial charge in [-0.2, -0.15) is 0 Å². The Bertz CT molecular complexity index is 1620. The Morgan fingerprint density at radius 3 is 2.21 bits per heavy atom. The average Bonchev–Trinajstić information content (AvgIpc) is 2.98. The van der Waals surface area contributed by atoms with E-state index in [0.29, 0.717) is 31.4 Å².